The van der Waals surface area contributed by atoms with E-state index in [1.54, 1.807) is 4.90 Å². The molecular formula is C10H20BrNO. The molecule has 0 aliphatic rings. The number of amides is 1. The van der Waals surface area contributed by atoms with E-state index in [0.717, 1.165) is 13.0 Å². The van der Waals surface area contributed by atoms with Gasteiger partial charge < -0.3 is 4.90 Å². The quantitative estimate of drug-likeness (QED) is 0.705. The lowest BCUT2D eigenvalue weighted by Crippen LogP contribution is -2.37. The fourth-order valence-electron chi connectivity index (χ4n) is 1.05. The molecule has 0 rings (SSSR count). The average molecular weight is 250 g/mol. The van der Waals surface area contributed by atoms with Crippen LogP contribution in [0.15, 0.2) is 0 Å². The van der Waals surface area contributed by atoms with Gasteiger partial charge in [-0.05, 0) is 6.42 Å². The van der Waals surface area contributed by atoms with Crippen molar-refractivity contribution < 1.29 is 4.79 Å². The van der Waals surface area contributed by atoms with Crippen LogP contribution in [0.2, 0.25) is 0 Å². The van der Waals surface area contributed by atoms with Gasteiger partial charge in [0.2, 0.25) is 5.91 Å². The van der Waals surface area contributed by atoms with Crippen molar-refractivity contribution in [3.05, 3.63) is 0 Å². The van der Waals surface area contributed by atoms with Crippen molar-refractivity contribution in [2.45, 2.75) is 38.9 Å². The van der Waals surface area contributed by atoms with Gasteiger partial charge in [0.25, 0.3) is 0 Å². The molecule has 0 aliphatic carbocycles. The Bertz CT molecular complexity index is 172. The van der Waals surface area contributed by atoms with E-state index in [-0.39, 0.29) is 11.3 Å². The van der Waals surface area contributed by atoms with Crippen LogP contribution in [0, 0.1) is 5.41 Å². The predicted molar refractivity (Wildman–Crippen MR) is 60.1 cm³/mol. The van der Waals surface area contributed by atoms with Gasteiger partial charge in [-0.2, -0.15) is 0 Å². The Balaban J connectivity index is 3.98. The summed E-state index contributed by atoms with van der Waals surface area (Å²) in [7, 11) is 1.86. The van der Waals surface area contributed by atoms with Gasteiger partial charge in [-0.15, -0.1) is 0 Å². The van der Waals surface area contributed by atoms with Crippen LogP contribution in [-0.2, 0) is 4.79 Å². The van der Waals surface area contributed by atoms with Gasteiger partial charge in [-0.3, -0.25) is 4.79 Å². The van der Waals surface area contributed by atoms with Crippen LogP contribution in [0.25, 0.3) is 0 Å². The van der Waals surface area contributed by atoms with Crippen molar-refractivity contribution in [2.24, 2.45) is 5.41 Å². The minimum Gasteiger partial charge on any atom is -0.345 e. The number of carbonyl (C=O) groups is 1. The standard InChI is InChI=1S/C10H20BrNO/c1-8(11)6-7-12(5)9(13)10(2,3)4/h8H,6-7H2,1-5H3. The molecule has 0 bridgehead atoms. The lowest BCUT2D eigenvalue weighted by Gasteiger charge is -2.26. The summed E-state index contributed by atoms with van der Waals surface area (Å²) in [5.74, 6) is 0.209. The summed E-state index contributed by atoms with van der Waals surface area (Å²) in [5.41, 5.74) is -0.260. The number of hydrogen-bond donors (Lipinski definition) is 0. The minimum atomic E-state index is -0.260. The van der Waals surface area contributed by atoms with E-state index in [9.17, 15) is 4.79 Å². The molecular weight excluding hydrogens is 230 g/mol. The maximum atomic E-state index is 11.7. The van der Waals surface area contributed by atoms with Gasteiger partial charge in [-0.25, -0.2) is 0 Å². The molecule has 0 spiro atoms. The van der Waals surface area contributed by atoms with Crippen LogP contribution in [0.4, 0.5) is 0 Å². The number of halogens is 1. The molecule has 0 aromatic rings. The average Bonchev–Trinajstić information content (AvgIpc) is 1.96. The molecule has 0 aromatic carbocycles. The van der Waals surface area contributed by atoms with Crippen LogP contribution in [-0.4, -0.2) is 29.2 Å². The van der Waals surface area contributed by atoms with Crippen molar-refractivity contribution in [3.63, 3.8) is 0 Å². The molecule has 0 aromatic heterocycles. The van der Waals surface area contributed by atoms with Crippen LogP contribution in [0.5, 0.6) is 0 Å². The molecule has 78 valence electrons. The van der Waals surface area contributed by atoms with Crippen LogP contribution in [0.1, 0.15) is 34.1 Å². The third-order valence-electron chi connectivity index (χ3n) is 1.85. The molecule has 13 heavy (non-hydrogen) atoms. The topological polar surface area (TPSA) is 20.3 Å². The molecule has 2 nitrogen and oxygen atoms in total. The zero-order valence-electron chi connectivity index (χ0n) is 9.22. The Morgan fingerprint density at radius 1 is 1.46 bits per heavy atom. The van der Waals surface area contributed by atoms with E-state index in [1.807, 2.05) is 27.8 Å². The highest BCUT2D eigenvalue weighted by Crippen LogP contribution is 2.17. The SMILES string of the molecule is CC(Br)CCN(C)C(=O)C(C)(C)C. The molecule has 1 unspecified atom stereocenters. The molecule has 1 atom stereocenters. The smallest absolute Gasteiger partial charge is 0.227 e. The van der Waals surface area contributed by atoms with E-state index in [2.05, 4.69) is 22.9 Å². The summed E-state index contributed by atoms with van der Waals surface area (Å²) in [5, 5.41) is 0. The normalized spacial score (nSPS) is 14.0. The summed E-state index contributed by atoms with van der Waals surface area (Å²) in [6, 6.07) is 0. The van der Waals surface area contributed by atoms with E-state index in [4.69, 9.17) is 0 Å². The fraction of sp³-hybridized carbons (Fsp3) is 0.900. The summed E-state index contributed by atoms with van der Waals surface area (Å²) < 4.78 is 0. The molecule has 0 fully saturated rings. The Hall–Kier alpha value is -0.0500. The van der Waals surface area contributed by atoms with Crippen molar-refractivity contribution in [1.29, 1.82) is 0 Å². The summed E-state index contributed by atoms with van der Waals surface area (Å²) >= 11 is 3.46. The van der Waals surface area contributed by atoms with Crippen LogP contribution in [0.3, 0.4) is 0 Å². The summed E-state index contributed by atoms with van der Waals surface area (Å²) in [4.78, 5) is 14.0. The maximum absolute atomic E-state index is 11.7. The first kappa shape index (κ1) is 12.9. The minimum absolute atomic E-state index is 0.209. The van der Waals surface area contributed by atoms with Gasteiger partial charge in [0.15, 0.2) is 0 Å². The largest absolute Gasteiger partial charge is 0.345 e. The number of hydrogen-bond acceptors (Lipinski definition) is 1. The number of carbonyl (C=O) groups excluding carboxylic acids is 1. The molecule has 0 N–H and O–H groups in total. The third kappa shape index (κ3) is 5.29. The first-order chi connectivity index (χ1) is 5.75. The highest BCUT2D eigenvalue weighted by atomic mass is 79.9. The molecule has 0 saturated heterocycles. The predicted octanol–water partition coefficient (Wildman–Crippen LogP) is 2.66. The second-order valence-electron chi connectivity index (χ2n) is 4.55. The molecule has 0 heterocycles. The van der Waals surface area contributed by atoms with E-state index < -0.39 is 0 Å². The van der Waals surface area contributed by atoms with Crippen molar-refractivity contribution in [2.75, 3.05) is 13.6 Å². The third-order valence-corrected chi connectivity index (χ3v) is 2.31. The van der Waals surface area contributed by atoms with Gasteiger partial charge >= 0.3 is 0 Å². The van der Waals surface area contributed by atoms with Crippen molar-refractivity contribution in [1.82, 2.24) is 4.90 Å². The lowest BCUT2D eigenvalue weighted by atomic mass is 9.95. The second kappa shape index (κ2) is 4.99. The summed E-state index contributed by atoms with van der Waals surface area (Å²) in [6.07, 6.45) is 0.998. The van der Waals surface area contributed by atoms with Crippen LogP contribution < -0.4 is 0 Å². The Morgan fingerprint density at radius 2 is 1.92 bits per heavy atom. The van der Waals surface area contributed by atoms with Crippen molar-refractivity contribution in [3.8, 4) is 0 Å². The molecule has 0 radical (unpaired) electrons. The Morgan fingerprint density at radius 3 is 2.23 bits per heavy atom. The molecule has 0 saturated carbocycles. The van der Waals surface area contributed by atoms with Gasteiger partial charge in [0, 0.05) is 23.8 Å². The number of nitrogens with zero attached hydrogens (tertiary/aromatic N) is 1. The zero-order valence-corrected chi connectivity index (χ0v) is 10.8. The van der Waals surface area contributed by atoms with Crippen LogP contribution >= 0.6 is 15.9 Å². The fourth-order valence-corrected chi connectivity index (χ4v) is 1.25. The highest BCUT2D eigenvalue weighted by molar-refractivity contribution is 9.09. The zero-order chi connectivity index (χ0) is 10.6. The van der Waals surface area contributed by atoms with Gasteiger partial charge in [0.05, 0.1) is 0 Å². The number of alkyl halides is 1. The lowest BCUT2D eigenvalue weighted by molar-refractivity contribution is -0.138. The Kier molecular flexibility index (Phi) is 4.97. The van der Waals surface area contributed by atoms with E-state index in [1.165, 1.54) is 0 Å². The molecule has 0 aliphatic heterocycles. The monoisotopic (exact) mass is 249 g/mol. The van der Waals surface area contributed by atoms with Gasteiger partial charge in [-0.1, -0.05) is 43.6 Å². The molecule has 3 heteroatoms. The highest BCUT2D eigenvalue weighted by Gasteiger charge is 2.24. The van der Waals surface area contributed by atoms with Gasteiger partial charge in [0.1, 0.15) is 0 Å². The van der Waals surface area contributed by atoms with E-state index >= 15 is 0 Å². The number of rotatable bonds is 3. The van der Waals surface area contributed by atoms with Crippen molar-refractivity contribution >= 4 is 21.8 Å². The molecule has 1 amide bonds. The maximum Gasteiger partial charge on any atom is 0.227 e. The Labute approximate surface area is 89.8 Å². The first-order valence-electron chi connectivity index (χ1n) is 4.64. The van der Waals surface area contributed by atoms with E-state index in [0.29, 0.717) is 4.83 Å². The summed E-state index contributed by atoms with van der Waals surface area (Å²) in [6.45, 7) is 8.76. The second-order valence-corrected chi connectivity index (χ2v) is 6.11. The first-order valence-corrected chi connectivity index (χ1v) is 5.56.